The van der Waals surface area contributed by atoms with Crippen molar-refractivity contribution in [3.63, 3.8) is 0 Å². The van der Waals surface area contributed by atoms with Crippen molar-refractivity contribution < 1.29 is 17.9 Å². The van der Waals surface area contributed by atoms with Gasteiger partial charge < -0.3 is 14.6 Å². The molecule has 1 aromatic carbocycles. The number of ether oxygens (including phenoxy) is 1. The van der Waals surface area contributed by atoms with Crippen LogP contribution >= 0.6 is 0 Å². The molecule has 0 aliphatic heterocycles. The molecule has 1 aliphatic carbocycles. The molecule has 8 nitrogen and oxygen atoms in total. The van der Waals surface area contributed by atoms with E-state index < -0.39 is 11.9 Å². The van der Waals surface area contributed by atoms with Crippen LogP contribution in [-0.2, 0) is 19.6 Å². The third-order valence-corrected chi connectivity index (χ3v) is 6.11. The molecule has 3 heterocycles. The number of nitrogens with zero attached hydrogens (tertiary/aromatic N) is 6. The van der Waals surface area contributed by atoms with E-state index in [0.717, 1.165) is 41.7 Å². The normalized spacial score (nSPS) is 13.6. The van der Waals surface area contributed by atoms with Gasteiger partial charge in [0, 0.05) is 38.2 Å². The van der Waals surface area contributed by atoms with Crippen LogP contribution in [-0.4, -0.2) is 43.6 Å². The molecule has 0 radical (unpaired) electrons. The zero-order valence-corrected chi connectivity index (χ0v) is 20.0. The van der Waals surface area contributed by atoms with E-state index in [1.54, 1.807) is 39.5 Å². The SMILES string of the molecule is CNc1cnc(-c2c(OC)ncnc2C2CC2)nc1Cc1ccc(-c2nc(C(F)(F)F)cn2C)cc1. The minimum absolute atomic E-state index is 0.248. The molecule has 4 aromatic rings. The number of benzene rings is 1. The van der Waals surface area contributed by atoms with E-state index in [4.69, 9.17) is 9.72 Å². The molecule has 1 aliphatic rings. The van der Waals surface area contributed by atoms with Gasteiger partial charge in [-0.2, -0.15) is 13.2 Å². The number of hydrogen-bond donors (Lipinski definition) is 1. The number of rotatable bonds is 7. The molecule has 0 atom stereocenters. The van der Waals surface area contributed by atoms with E-state index >= 15 is 0 Å². The van der Waals surface area contributed by atoms with E-state index in [2.05, 4.69) is 25.3 Å². The molecule has 0 bridgehead atoms. The average Bonchev–Trinajstić information content (AvgIpc) is 3.64. The maximum atomic E-state index is 13.0. The van der Waals surface area contributed by atoms with Crippen LogP contribution in [0.1, 0.15) is 41.4 Å². The first-order valence-electron chi connectivity index (χ1n) is 11.4. The smallest absolute Gasteiger partial charge is 0.434 e. The summed E-state index contributed by atoms with van der Waals surface area (Å²) >= 11 is 0. The Balaban J connectivity index is 1.46. The summed E-state index contributed by atoms with van der Waals surface area (Å²) in [6, 6.07) is 7.25. The third-order valence-electron chi connectivity index (χ3n) is 6.11. The lowest BCUT2D eigenvalue weighted by Gasteiger charge is -2.14. The molecule has 11 heteroatoms. The standard InChI is InChI=1S/C25H24F3N7O/c1-29-18-11-30-22(20-21(15-8-9-15)31-13-32-24(20)36-3)33-17(18)10-14-4-6-16(7-5-14)23-34-19(12-35(23)2)25(26,27)28/h4-7,11-13,15,29H,8-10H2,1-3H3. The quantitative estimate of drug-likeness (QED) is 0.391. The number of methoxy groups -OCH3 is 1. The Morgan fingerprint density at radius 3 is 2.44 bits per heavy atom. The summed E-state index contributed by atoms with van der Waals surface area (Å²) in [6.45, 7) is 0. The zero-order valence-electron chi connectivity index (χ0n) is 20.0. The number of halogens is 3. The fraction of sp³-hybridized carbons (Fsp3) is 0.320. The van der Waals surface area contributed by atoms with Gasteiger partial charge in [-0.25, -0.2) is 24.9 Å². The molecule has 0 saturated heterocycles. The van der Waals surface area contributed by atoms with E-state index in [1.807, 2.05) is 12.1 Å². The van der Waals surface area contributed by atoms with Crippen molar-refractivity contribution in [3.05, 3.63) is 65.6 Å². The summed E-state index contributed by atoms with van der Waals surface area (Å²) in [5.41, 5.74) is 3.74. The number of imidazole rings is 1. The first-order valence-corrected chi connectivity index (χ1v) is 11.4. The largest absolute Gasteiger partial charge is 0.480 e. The van der Waals surface area contributed by atoms with Gasteiger partial charge in [-0.15, -0.1) is 0 Å². The molecule has 1 fully saturated rings. The second-order valence-corrected chi connectivity index (χ2v) is 8.65. The van der Waals surface area contributed by atoms with Crippen LogP contribution < -0.4 is 10.1 Å². The fourth-order valence-corrected chi connectivity index (χ4v) is 4.13. The second-order valence-electron chi connectivity index (χ2n) is 8.65. The van der Waals surface area contributed by atoms with Gasteiger partial charge in [0.2, 0.25) is 5.88 Å². The highest BCUT2D eigenvalue weighted by Crippen LogP contribution is 2.45. The van der Waals surface area contributed by atoms with Gasteiger partial charge in [-0.1, -0.05) is 24.3 Å². The molecule has 186 valence electrons. The van der Waals surface area contributed by atoms with Crippen molar-refractivity contribution in [2.45, 2.75) is 31.4 Å². The maximum Gasteiger partial charge on any atom is 0.434 e. The average molecular weight is 496 g/mol. The third kappa shape index (κ3) is 4.60. The summed E-state index contributed by atoms with van der Waals surface area (Å²) in [4.78, 5) is 21.9. The van der Waals surface area contributed by atoms with E-state index in [1.165, 1.54) is 10.9 Å². The number of alkyl halides is 3. The lowest BCUT2D eigenvalue weighted by molar-refractivity contribution is -0.140. The topological polar surface area (TPSA) is 90.6 Å². The highest BCUT2D eigenvalue weighted by molar-refractivity contribution is 5.67. The van der Waals surface area contributed by atoms with Gasteiger partial charge in [0.15, 0.2) is 11.5 Å². The predicted octanol–water partition coefficient (Wildman–Crippen LogP) is 4.87. The Kier molecular flexibility index (Phi) is 6.07. The molecular formula is C25H24F3N7O. The Bertz CT molecular complexity index is 1400. The lowest BCUT2D eigenvalue weighted by atomic mass is 10.1. The van der Waals surface area contributed by atoms with E-state index in [0.29, 0.717) is 35.2 Å². The molecule has 36 heavy (non-hydrogen) atoms. The van der Waals surface area contributed by atoms with Crippen molar-refractivity contribution in [2.24, 2.45) is 7.05 Å². The van der Waals surface area contributed by atoms with Crippen LogP contribution in [0.15, 0.2) is 43.0 Å². The Labute approximate surface area is 205 Å². The van der Waals surface area contributed by atoms with Crippen LogP contribution in [0.25, 0.3) is 22.8 Å². The predicted molar refractivity (Wildman–Crippen MR) is 128 cm³/mol. The molecular weight excluding hydrogens is 471 g/mol. The fourth-order valence-electron chi connectivity index (χ4n) is 4.13. The molecule has 0 amide bonds. The maximum absolute atomic E-state index is 13.0. The van der Waals surface area contributed by atoms with Crippen LogP contribution in [0.5, 0.6) is 5.88 Å². The molecule has 5 rings (SSSR count). The molecule has 3 aromatic heterocycles. The minimum atomic E-state index is -4.49. The Hall–Kier alpha value is -4.02. The monoisotopic (exact) mass is 495 g/mol. The summed E-state index contributed by atoms with van der Waals surface area (Å²) in [7, 11) is 4.91. The van der Waals surface area contributed by atoms with Gasteiger partial charge in [0.25, 0.3) is 0 Å². The number of aromatic nitrogens is 6. The number of nitrogens with one attached hydrogen (secondary N) is 1. The summed E-state index contributed by atoms with van der Waals surface area (Å²) in [5.74, 6) is 1.53. The second kappa shape index (κ2) is 9.21. The van der Waals surface area contributed by atoms with Crippen molar-refractivity contribution in [1.29, 1.82) is 0 Å². The van der Waals surface area contributed by atoms with E-state index in [9.17, 15) is 13.2 Å². The molecule has 0 spiro atoms. The van der Waals surface area contributed by atoms with Gasteiger partial charge in [0.1, 0.15) is 17.7 Å². The molecule has 1 N–H and O–H groups in total. The van der Waals surface area contributed by atoms with Crippen molar-refractivity contribution in [3.8, 4) is 28.7 Å². The molecule has 1 saturated carbocycles. The highest BCUT2D eigenvalue weighted by Gasteiger charge is 2.34. The Morgan fingerprint density at radius 2 is 1.83 bits per heavy atom. The van der Waals surface area contributed by atoms with Crippen molar-refractivity contribution in [2.75, 3.05) is 19.5 Å². The van der Waals surface area contributed by atoms with Gasteiger partial charge in [-0.3, -0.25) is 0 Å². The van der Waals surface area contributed by atoms with Crippen LogP contribution in [0.2, 0.25) is 0 Å². The van der Waals surface area contributed by atoms with Gasteiger partial charge in [0.05, 0.1) is 30.4 Å². The van der Waals surface area contributed by atoms with Crippen LogP contribution in [0.3, 0.4) is 0 Å². The first-order chi connectivity index (χ1) is 17.3. The lowest BCUT2D eigenvalue weighted by Crippen LogP contribution is -2.06. The van der Waals surface area contributed by atoms with Crippen molar-refractivity contribution in [1.82, 2.24) is 29.5 Å². The number of aryl methyl sites for hydroxylation is 1. The number of anilines is 1. The summed E-state index contributed by atoms with van der Waals surface area (Å²) in [6.07, 6.45) is 2.32. The molecule has 0 unspecified atom stereocenters. The summed E-state index contributed by atoms with van der Waals surface area (Å²) in [5, 5.41) is 3.13. The van der Waals surface area contributed by atoms with Gasteiger partial charge >= 0.3 is 6.18 Å². The Morgan fingerprint density at radius 1 is 1.08 bits per heavy atom. The van der Waals surface area contributed by atoms with Crippen LogP contribution in [0, 0.1) is 0 Å². The van der Waals surface area contributed by atoms with Crippen LogP contribution in [0.4, 0.5) is 18.9 Å². The van der Waals surface area contributed by atoms with E-state index in [-0.39, 0.29) is 5.82 Å². The summed E-state index contributed by atoms with van der Waals surface area (Å²) < 4.78 is 46.0. The minimum Gasteiger partial charge on any atom is -0.480 e. The van der Waals surface area contributed by atoms with Gasteiger partial charge in [-0.05, 0) is 18.4 Å². The number of hydrogen-bond acceptors (Lipinski definition) is 7. The van der Waals surface area contributed by atoms with Crippen molar-refractivity contribution >= 4 is 5.69 Å². The first kappa shape index (κ1) is 23.7. The zero-order chi connectivity index (χ0) is 25.4. The highest BCUT2D eigenvalue weighted by atomic mass is 19.4.